The van der Waals surface area contributed by atoms with Crippen molar-refractivity contribution in [1.29, 1.82) is 0 Å². The molecule has 0 atom stereocenters. The van der Waals surface area contributed by atoms with Crippen molar-refractivity contribution in [2.45, 2.75) is 47.1 Å². The van der Waals surface area contributed by atoms with Gasteiger partial charge in [-0.05, 0) is 25.5 Å². The summed E-state index contributed by atoms with van der Waals surface area (Å²) in [5, 5.41) is 3.22. The first-order valence-electron chi connectivity index (χ1n) is 10.2. The number of imidazole rings is 1. The number of nitrogens with zero attached hydrogens (tertiary/aromatic N) is 2. The monoisotopic (exact) mass is 387 g/mol. The molecule has 5 heteroatoms. The fourth-order valence-electron chi connectivity index (χ4n) is 2.68. The van der Waals surface area contributed by atoms with Crippen molar-refractivity contribution < 1.29 is 9.47 Å². The first-order valence-corrected chi connectivity index (χ1v) is 10.2. The molecule has 5 nitrogen and oxygen atoms in total. The predicted molar refractivity (Wildman–Crippen MR) is 119 cm³/mol. The van der Waals surface area contributed by atoms with E-state index in [1.165, 1.54) is 5.56 Å². The molecule has 0 aliphatic rings. The van der Waals surface area contributed by atoms with Gasteiger partial charge in [-0.25, -0.2) is 4.98 Å². The summed E-state index contributed by atoms with van der Waals surface area (Å²) in [5.74, 6) is 0.883. The van der Waals surface area contributed by atoms with E-state index in [2.05, 4.69) is 43.9 Å². The van der Waals surface area contributed by atoms with Crippen molar-refractivity contribution in [2.24, 2.45) is 7.05 Å². The second-order valence-corrected chi connectivity index (χ2v) is 6.45. The second-order valence-electron chi connectivity index (χ2n) is 6.45. The summed E-state index contributed by atoms with van der Waals surface area (Å²) in [5.41, 5.74) is 5.09. The average Bonchev–Trinajstić information content (AvgIpc) is 3.08. The molecule has 0 bridgehead atoms. The number of aryl methyl sites for hydroxylation is 2. The Labute approximate surface area is 170 Å². The van der Waals surface area contributed by atoms with Gasteiger partial charge >= 0.3 is 0 Å². The van der Waals surface area contributed by atoms with E-state index in [-0.39, 0.29) is 0 Å². The summed E-state index contributed by atoms with van der Waals surface area (Å²) in [6.45, 7) is 15.0. The average molecular weight is 388 g/mol. The highest BCUT2D eigenvalue weighted by atomic mass is 16.5. The number of aromatic nitrogens is 2. The van der Waals surface area contributed by atoms with Crippen molar-refractivity contribution in [1.82, 2.24) is 9.55 Å². The van der Waals surface area contributed by atoms with Crippen LogP contribution < -0.4 is 5.32 Å². The molecule has 0 unspecified atom stereocenters. The van der Waals surface area contributed by atoms with Gasteiger partial charge < -0.3 is 19.4 Å². The van der Waals surface area contributed by atoms with Crippen LogP contribution in [0.25, 0.3) is 5.57 Å². The van der Waals surface area contributed by atoms with Gasteiger partial charge in [-0.1, -0.05) is 45.4 Å². The SMILES string of the molecule is C=C(c1cn(C)c(COCCOCCCC)n1)c1cc(C)ccc1NC.CC. The molecular formula is C23H37N3O2. The molecule has 1 aromatic heterocycles. The molecule has 0 spiro atoms. The van der Waals surface area contributed by atoms with Gasteiger partial charge in [0, 0.05) is 43.7 Å². The number of hydrogen-bond donors (Lipinski definition) is 1. The molecule has 28 heavy (non-hydrogen) atoms. The van der Waals surface area contributed by atoms with E-state index in [9.17, 15) is 0 Å². The third kappa shape index (κ3) is 7.13. The molecule has 0 saturated heterocycles. The van der Waals surface area contributed by atoms with Crippen molar-refractivity contribution in [3.63, 3.8) is 0 Å². The van der Waals surface area contributed by atoms with Crippen LogP contribution in [0, 0.1) is 6.92 Å². The molecule has 2 rings (SSSR count). The van der Waals surface area contributed by atoms with Gasteiger partial charge in [0.1, 0.15) is 12.4 Å². The lowest BCUT2D eigenvalue weighted by atomic mass is 10.0. The van der Waals surface area contributed by atoms with E-state index in [4.69, 9.17) is 14.5 Å². The molecule has 1 heterocycles. The lowest BCUT2D eigenvalue weighted by Crippen LogP contribution is -2.07. The second kappa shape index (κ2) is 13.1. The number of ether oxygens (including phenoxy) is 2. The van der Waals surface area contributed by atoms with E-state index >= 15 is 0 Å². The van der Waals surface area contributed by atoms with Gasteiger partial charge in [0.15, 0.2) is 0 Å². The third-order valence-electron chi connectivity index (χ3n) is 4.30. The highest BCUT2D eigenvalue weighted by Gasteiger charge is 2.13. The largest absolute Gasteiger partial charge is 0.388 e. The molecule has 0 aliphatic heterocycles. The Morgan fingerprint density at radius 3 is 2.57 bits per heavy atom. The number of benzene rings is 1. The highest BCUT2D eigenvalue weighted by Crippen LogP contribution is 2.28. The minimum absolute atomic E-state index is 0.466. The first-order chi connectivity index (χ1) is 13.6. The van der Waals surface area contributed by atoms with Crippen LogP contribution in [0.3, 0.4) is 0 Å². The fourth-order valence-corrected chi connectivity index (χ4v) is 2.68. The van der Waals surface area contributed by atoms with Gasteiger partial charge in [0.25, 0.3) is 0 Å². The summed E-state index contributed by atoms with van der Waals surface area (Å²) in [7, 11) is 3.90. The van der Waals surface area contributed by atoms with Crippen molar-refractivity contribution >= 4 is 11.3 Å². The molecule has 1 aromatic carbocycles. The van der Waals surface area contributed by atoms with Crippen LogP contribution in [0.5, 0.6) is 0 Å². The molecule has 0 fully saturated rings. The Kier molecular flexibility index (Phi) is 11.2. The smallest absolute Gasteiger partial charge is 0.135 e. The molecule has 0 amide bonds. The molecule has 1 N–H and O–H groups in total. The Bertz CT molecular complexity index is 723. The van der Waals surface area contributed by atoms with Crippen LogP contribution in [-0.4, -0.2) is 36.4 Å². The lowest BCUT2D eigenvalue weighted by Gasteiger charge is -2.11. The van der Waals surface area contributed by atoms with Gasteiger partial charge in [-0.2, -0.15) is 0 Å². The zero-order valence-electron chi connectivity index (χ0n) is 18.5. The third-order valence-corrected chi connectivity index (χ3v) is 4.30. The Morgan fingerprint density at radius 2 is 1.89 bits per heavy atom. The zero-order valence-corrected chi connectivity index (χ0v) is 18.5. The summed E-state index contributed by atoms with van der Waals surface area (Å²) in [4.78, 5) is 4.71. The van der Waals surface area contributed by atoms with E-state index < -0.39 is 0 Å². The number of hydrogen-bond acceptors (Lipinski definition) is 4. The molecule has 2 aromatic rings. The topological polar surface area (TPSA) is 48.3 Å². The van der Waals surface area contributed by atoms with Crippen LogP contribution in [0.4, 0.5) is 5.69 Å². The Hall–Kier alpha value is -2.11. The van der Waals surface area contributed by atoms with Gasteiger partial charge in [0.05, 0.1) is 18.9 Å². The zero-order chi connectivity index (χ0) is 20.9. The van der Waals surface area contributed by atoms with Crippen molar-refractivity contribution in [2.75, 3.05) is 32.2 Å². The first kappa shape index (κ1) is 23.9. The Balaban J connectivity index is 0.00000190. The maximum atomic E-state index is 5.69. The highest BCUT2D eigenvalue weighted by molar-refractivity contribution is 5.83. The maximum Gasteiger partial charge on any atom is 0.135 e. The Morgan fingerprint density at radius 1 is 1.18 bits per heavy atom. The normalized spacial score (nSPS) is 10.4. The molecule has 156 valence electrons. The van der Waals surface area contributed by atoms with Crippen LogP contribution in [-0.2, 0) is 23.1 Å². The minimum atomic E-state index is 0.466. The van der Waals surface area contributed by atoms with Crippen LogP contribution >= 0.6 is 0 Å². The van der Waals surface area contributed by atoms with E-state index in [0.717, 1.165) is 47.8 Å². The summed E-state index contributed by atoms with van der Waals surface area (Å²) in [6.07, 6.45) is 4.25. The molecular weight excluding hydrogens is 350 g/mol. The fraction of sp³-hybridized carbons (Fsp3) is 0.522. The summed E-state index contributed by atoms with van der Waals surface area (Å²) in [6, 6.07) is 6.29. The van der Waals surface area contributed by atoms with Crippen LogP contribution in [0.2, 0.25) is 0 Å². The molecule has 0 radical (unpaired) electrons. The number of anilines is 1. The van der Waals surface area contributed by atoms with Crippen molar-refractivity contribution in [3.05, 3.63) is 53.6 Å². The number of nitrogens with one attached hydrogen (secondary N) is 1. The predicted octanol–water partition coefficient (Wildman–Crippen LogP) is 5.19. The van der Waals surface area contributed by atoms with Crippen LogP contribution in [0.1, 0.15) is 56.3 Å². The summed E-state index contributed by atoms with van der Waals surface area (Å²) < 4.78 is 13.2. The lowest BCUT2D eigenvalue weighted by molar-refractivity contribution is 0.0367. The van der Waals surface area contributed by atoms with Gasteiger partial charge in [0.2, 0.25) is 0 Å². The van der Waals surface area contributed by atoms with Gasteiger partial charge in [-0.15, -0.1) is 0 Å². The van der Waals surface area contributed by atoms with E-state index in [1.807, 2.05) is 38.7 Å². The maximum absolute atomic E-state index is 5.69. The standard InChI is InChI=1S/C21H31N3O2.C2H6/c1-6-7-10-25-11-12-26-15-21-23-20(14-24(21)5)17(3)18-13-16(2)8-9-19(18)22-4;1-2/h8-9,13-14,22H,3,6-7,10-12,15H2,1-2,4-5H3;1-2H3. The quantitative estimate of drug-likeness (QED) is 0.539. The van der Waals surface area contributed by atoms with Crippen molar-refractivity contribution in [3.8, 4) is 0 Å². The minimum Gasteiger partial charge on any atom is -0.388 e. The number of rotatable bonds is 11. The molecule has 0 saturated carbocycles. The van der Waals surface area contributed by atoms with E-state index in [0.29, 0.717) is 19.8 Å². The van der Waals surface area contributed by atoms with Crippen LogP contribution in [0.15, 0.2) is 31.0 Å². The van der Waals surface area contributed by atoms with Gasteiger partial charge in [-0.3, -0.25) is 0 Å². The number of unbranched alkanes of at least 4 members (excludes halogenated alkanes) is 1. The molecule has 0 aliphatic carbocycles. The van der Waals surface area contributed by atoms with E-state index in [1.54, 1.807) is 0 Å². The summed E-state index contributed by atoms with van der Waals surface area (Å²) >= 11 is 0.